The first-order valence-electron chi connectivity index (χ1n) is 9.43. The van der Waals surface area contributed by atoms with E-state index in [1.54, 1.807) is 62.4 Å². The molecule has 2 rings (SSSR count). The third-order valence-electron chi connectivity index (χ3n) is 4.77. The topological polar surface area (TPSA) is 52.6 Å². The summed E-state index contributed by atoms with van der Waals surface area (Å²) in [5.74, 6) is -0.750. The lowest BCUT2D eigenvalue weighted by Crippen LogP contribution is -2.48. The molecule has 0 radical (unpaired) electrons. The van der Waals surface area contributed by atoms with Gasteiger partial charge in [-0.1, -0.05) is 50.2 Å². The van der Waals surface area contributed by atoms with Gasteiger partial charge in [0.1, 0.15) is 11.7 Å². The minimum absolute atomic E-state index is 0.0798. The van der Waals surface area contributed by atoms with Gasteiger partial charge < -0.3 is 9.47 Å². The van der Waals surface area contributed by atoms with Crippen LogP contribution in [0.2, 0.25) is 0 Å². The summed E-state index contributed by atoms with van der Waals surface area (Å²) in [6.07, 6.45) is 1.08. The Morgan fingerprint density at radius 1 is 0.815 bits per heavy atom. The number of hydrogen-bond donors (Lipinski definition) is 0. The molecular formula is C23H28O4. The van der Waals surface area contributed by atoms with Crippen molar-refractivity contribution in [1.29, 1.82) is 0 Å². The fraction of sp³-hybridized carbons (Fsp3) is 0.391. The number of carbonyl (C=O) groups is 2. The van der Waals surface area contributed by atoms with Crippen molar-refractivity contribution in [3.8, 4) is 0 Å². The molecule has 1 unspecified atom stereocenters. The Labute approximate surface area is 161 Å². The van der Waals surface area contributed by atoms with Crippen molar-refractivity contribution in [2.45, 2.75) is 52.2 Å². The average Bonchev–Trinajstić information content (AvgIpc) is 2.69. The van der Waals surface area contributed by atoms with Gasteiger partial charge in [0, 0.05) is 0 Å². The minimum Gasteiger partial charge on any atom is -0.454 e. The highest BCUT2D eigenvalue weighted by atomic mass is 16.6. The zero-order valence-electron chi connectivity index (χ0n) is 16.5. The van der Waals surface area contributed by atoms with Gasteiger partial charge in [0.05, 0.1) is 11.1 Å². The monoisotopic (exact) mass is 368 g/mol. The highest BCUT2D eigenvalue weighted by molar-refractivity contribution is 5.90. The van der Waals surface area contributed by atoms with Crippen molar-refractivity contribution >= 4 is 11.9 Å². The number of hydrogen-bond acceptors (Lipinski definition) is 4. The average molecular weight is 368 g/mol. The third kappa shape index (κ3) is 5.43. The van der Waals surface area contributed by atoms with Crippen molar-refractivity contribution in [1.82, 2.24) is 0 Å². The molecule has 0 saturated carbocycles. The summed E-state index contributed by atoms with van der Waals surface area (Å²) < 4.78 is 11.7. The van der Waals surface area contributed by atoms with Crippen molar-refractivity contribution in [2.24, 2.45) is 5.92 Å². The smallest absolute Gasteiger partial charge is 0.338 e. The van der Waals surface area contributed by atoms with Gasteiger partial charge in [-0.25, -0.2) is 9.59 Å². The van der Waals surface area contributed by atoms with Crippen LogP contribution in [0.25, 0.3) is 0 Å². The summed E-state index contributed by atoms with van der Waals surface area (Å²) in [5, 5.41) is 0. The zero-order valence-corrected chi connectivity index (χ0v) is 16.5. The molecule has 0 heterocycles. The van der Waals surface area contributed by atoms with Crippen LogP contribution in [-0.4, -0.2) is 23.6 Å². The van der Waals surface area contributed by atoms with Crippen LogP contribution in [0.15, 0.2) is 60.7 Å². The van der Waals surface area contributed by atoms with Crippen molar-refractivity contribution in [3.63, 3.8) is 0 Å². The van der Waals surface area contributed by atoms with Crippen molar-refractivity contribution in [3.05, 3.63) is 71.8 Å². The molecule has 0 amide bonds. The molecule has 0 aliphatic heterocycles. The minimum atomic E-state index is -0.964. The standard InChI is InChI=1S/C23H28O4/c1-5-17(6-2)20(26-21(24)18-13-9-7-10-14-18)23(3,4)27-22(25)19-15-11-8-12-16-19/h7-17,20H,5-6H2,1-4H3. The SMILES string of the molecule is CCC(CC)C(OC(=O)c1ccccc1)C(C)(C)OC(=O)c1ccccc1. The molecule has 0 fully saturated rings. The number of esters is 2. The second-order valence-electron chi connectivity index (χ2n) is 7.13. The number of carbonyl (C=O) groups excluding carboxylic acids is 2. The number of benzene rings is 2. The number of ether oxygens (including phenoxy) is 2. The van der Waals surface area contributed by atoms with Gasteiger partial charge in [0.25, 0.3) is 0 Å². The molecule has 2 aromatic carbocycles. The summed E-state index contributed by atoms with van der Waals surface area (Å²) >= 11 is 0. The molecule has 144 valence electrons. The first-order valence-corrected chi connectivity index (χ1v) is 9.43. The maximum atomic E-state index is 12.6. The molecular weight excluding hydrogens is 340 g/mol. The van der Waals surface area contributed by atoms with Crippen molar-refractivity contribution in [2.75, 3.05) is 0 Å². The van der Waals surface area contributed by atoms with Crippen LogP contribution in [0.5, 0.6) is 0 Å². The lowest BCUT2D eigenvalue weighted by molar-refractivity contribution is -0.100. The molecule has 4 nitrogen and oxygen atoms in total. The summed E-state index contributed by atoms with van der Waals surface area (Å²) in [4.78, 5) is 25.2. The van der Waals surface area contributed by atoms with Crippen molar-refractivity contribution < 1.29 is 19.1 Å². The Kier molecular flexibility index (Phi) is 7.17. The third-order valence-corrected chi connectivity index (χ3v) is 4.77. The Hall–Kier alpha value is -2.62. The van der Waals surface area contributed by atoms with E-state index in [2.05, 4.69) is 0 Å². The Morgan fingerprint density at radius 2 is 1.26 bits per heavy atom. The highest BCUT2D eigenvalue weighted by Crippen LogP contribution is 2.30. The van der Waals surface area contributed by atoms with E-state index in [4.69, 9.17) is 9.47 Å². The summed E-state index contributed by atoms with van der Waals surface area (Å²) in [5.41, 5.74) is -0.00414. The summed E-state index contributed by atoms with van der Waals surface area (Å²) in [6.45, 7) is 7.70. The van der Waals surface area contributed by atoms with E-state index < -0.39 is 23.6 Å². The van der Waals surface area contributed by atoms with Gasteiger partial charge in [0.15, 0.2) is 0 Å². The number of rotatable bonds is 8. The van der Waals surface area contributed by atoms with Crippen LogP contribution in [0.3, 0.4) is 0 Å². The second-order valence-corrected chi connectivity index (χ2v) is 7.13. The molecule has 0 N–H and O–H groups in total. The molecule has 27 heavy (non-hydrogen) atoms. The fourth-order valence-corrected chi connectivity index (χ4v) is 3.21. The summed E-state index contributed by atoms with van der Waals surface area (Å²) in [6, 6.07) is 17.7. The first kappa shape index (κ1) is 20.7. The van der Waals surface area contributed by atoms with E-state index in [1.807, 2.05) is 26.0 Å². The van der Waals surface area contributed by atoms with Crippen LogP contribution in [0, 0.1) is 5.92 Å². The molecule has 1 atom stereocenters. The fourth-order valence-electron chi connectivity index (χ4n) is 3.21. The van der Waals surface area contributed by atoms with Gasteiger partial charge >= 0.3 is 11.9 Å². The van der Waals surface area contributed by atoms with E-state index in [0.29, 0.717) is 11.1 Å². The highest BCUT2D eigenvalue weighted by Gasteiger charge is 2.41. The maximum absolute atomic E-state index is 12.6. The van der Waals surface area contributed by atoms with Gasteiger partial charge in [-0.05, 0) is 56.9 Å². The van der Waals surface area contributed by atoms with Crippen LogP contribution >= 0.6 is 0 Å². The molecule has 2 aromatic rings. The van der Waals surface area contributed by atoms with Crippen LogP contribution < -0.4 is 0 Å². The normalized spacial score (nSPS) is 12.5. The predicted octanol–water partition coefficient (Wildman–Crippen LogP) is 5.28. The lowest BCUT2D eigenvalue weighted by atomic mass is 9.85. The molecule has 0 bridgehead atoms. The molecule has 0 saturated heterocycles. The van der Waals surface area contributed by atoms with E-state index >= 15 is 0 Å². The molecule has 0 aliphatic rings. The van der Waals surface area contributed by atoms with Crippen LogP contribution in [0.1, 0.15) is 61.3 Å². The molecule has 0 aliphatic carbocycles. The van der Waals surface area contributed by atoms with E-state index in [9.17, 15) is 9.59 Å². The van der Waals surface area contributed by atoms with E-state index in [0.717, 1.165) is 12.8 Å². The van der Waals surface area contributed by atoms with Gasteiger partial charge in [-0.3, -0.25) is 0 Å². The predicted molar refractivity (Wildman–Crippen MR) is 106 cm³/mol. The first-order chi connectivity index (χ1) is 12.9. The quantitative estimate of drug-likeness (QED) is 0.595. The largest absolute Gasteiger partial charge is 0.454 e. The lowest BCUT2D eigenvalue weighted by Gasteiger charge is -2.37. The Bertz CT molecular complexity index is 733. The molecule has 0 aromatic heterocycles. The van der Waals surface area contributed by atoms with Gasteiger partial charge in [-0.2, -0.15) is 0 Å². The molecule has 4 heteroatoms. The Balaban J connectivity index is 2.23. The Morgan fingerprint density at radius 3 is 1.70 bits per heavy atom. The van der Waals surface area contributed by atoms with Crippen LogP contribution in [-0.2, 0) is 9.47 Å². The summed E-state index contributed by atoms with van der Waals surface area (Å²) in [7, 11) is 0. The van der Waals surface area contributed by atoms with E-state index in [1.165, 1.54) is 0 Å². The zero-order chi connectivity index (χ0) is 19.9. The second kappa shape index (κ2) is 9.36. The van der Waals surface area contributed by atoms with E-state index in [-0.39, 0.29) is 5.92 Å². The van der Waals surface area contributed by atoms with Crippen LogP contribution in [0.4, 0.5) is 0 Å². The maximum Gasteiger partial charge on any atom is 0.338 e. The van der Waals surface area contributed by atoms with Gasteiger partial charge in [0.2, 0.25) is 0 Å². The van der Waals surface area contributed by atoms with Gasteiger partial charge in [-0.15, -0.1) is 0 Å². The molecule has 0 spiro atoms.